The van der Waals surface area contributed by atoms with Crippen molar-refractivity contribution in [2.45, 2.75) is 25.9 Å². The Morgan fingerprint density at radius 3 is 2.42 bits per heavy atom. The molecule has 1 unspecified atom stereocenters. The van der Waals surface area contributed by atoms with Crippen LogP contribution in [0.1, 0.15) is 18.9 Å². The molecule has 1 fully saturated rings. The minimum absolute atomic E-state index is 0.00840. The van der Waals surface area contributed by atoms with Gasteiger partial charge in [-0.1, -0.05) is 19.1 Å². The van der Waals surface area contributed by atoms with Gasteiger partial charge in [-0.05, 0) is 24.1 Å². The van der Waals surface area contributed by atoms with E-state index in [2.05, 4.69) is 5.32 Å². The largest absolute Gasteiger partial charge is 0.405 e. The number of carbonyl (C=O) groups excluding carboxylic acids is 3. The summed E-state index contributed by atoms with van der Waals surface area (Å²) in [6.07, 6.45) is -3.65. The molecule has 1 aromatic carbocycles. The van der Waals surface area contributed by atoms with Crippen molar-refractivity contribution in [2.75, 3.05) is 24.5 Å². The summed E-state index contributed by atoms with van der Waals surface area (Å²) < 4.78 is 36.0. The van der Waals surface area contributed by atoms with Crippen molar-refractivity contribution in [1.29, 1.82) is 0 Å². The number of carbonyl (C=O) groups is 3. The van der Waals surface area contributed by atoms with E-state index < -0.39 is 37.0 Å². The molecule has 6 nitrogen and oxygen atoms in total. The number of amides is 3. The summed E-state index contributed by atoms with van der Waals surface area (Å²) in [6, 6.07) is 7.42. The van der Waals surface area contributed by atoms with E-state index in [1.54, 1.807) is 5.32 Å². The standard InChI is InChI=1S/C17H20F3N3O3/c1-2-11-3-5-13(6-4-11)23-9-12(7-15(23)25)16(26)21-8-14(24)22-10-17(18,19)20/h3-6,12H,2,7-10H2,1H3,(H,21,26)(H,22,24). The number of hydrogen-bond donors (Lipinski definition) is 2. The van der Waals surface area contributed by atoms with E-state index in [1.165, 1.54) is 4.90 Å². The van der Waals surface area contributed by atoms with Crippen LogP contribution in [0.4, 0.5) is 18.9 Å². The van der Waals surface area contributed by atoms with Crippen LogP contribution in [0.15, 0.2) is 24.3 Å². The summed E-state index contributed by atoms with van der Waals surface area (Å²) >= 11 is 0. The lowest BCUT2D eigenvalue weighted by atomic mass is 10.1. The minimum Gasteiger partial charge on any atom is -0.347 e. The Morgan fingerprint density at radius 2 is 1.85 bits per heavy atom. The first kappa shape index (κ1) is 19.7. The van der Waals surface area contributed by atoms with Gasteiger partial charge in [0, 0.05) is 18.7 Å². The van der Waals surface area contributed by atoms with E-state index in [1.807, 2.05) is 31.2 Å². The second kappa shape index (κ2) is 8.20. The van der Waals surface area contributed by atoms with Crippen molar-refractivity contribution in [3.8, 4) is 0 Å². The fourth-order valence-electron chi connectivity index (χ4n) is 2.62. The molecule has 2 rings (SSSR count). The van der Waals surface area contributed by atoms with Gasteiger partial charge in [-0.25, -0.2) is 0 Å². The Bertz CT molecular complexity index is 674. The summed E-state index contributed by atoms with van der Waals surface area (Å²) in [5, 5.41) is 3.94. The highest BCUT2D eigenvalue weighted by Gasteiger charge is 2.35. The molecule has 9 heteroatoms. The summed E-state index contributed by atoms with van der Waals surface area (Å²) in [6.45, 7) is 0.164. The molecule has 0 radical (unpaired) electrons. The van der Waals surface area contributed by atoms with Gasteiger partial charge in [-0.15, -0.1) is 0 Å². The molecule has 1 heterocycles. The SMILES string of the molecule is CCc1ccc(N2CC(C(=O)NCC(=O)NCC(F)(F)F)CC2=O)cc1. The Kier molecular flexibility index (Phi) is 6.23. The van der Waals surface area contributed by atoms with Crippen LogP contribution in [0.25, 0.3) is 0 Å². The molecular formula is C17H20F3N3O3. The third-order valence-corrected chi connectivity index (χ3v) is 4.06. The van der Waals surface area contributed by atoms with Crippen LogP contribution in [0, 0.1) is 5.92 Å². The zero-order valence-electron chi connectivity index (χ0n) is 14.2. The average molecular weight is 371 g/mol. The van der Waals surface area contributed by atoms with E-state index in [0.717, 1.165) is 12.0 Å². The molecule has 2 N–H and O–H groups in total. The fourth-order valence-corrected chi connectivity index (χ4v) is 2.62. The van der Waals surface area contributed by atoms with Gasteiger partial charge in [0.25, 0.3) is 0 Å². The van der Waals surface area contributed by atoms with Crippen LogP contribution < -0.4 is 15.5 Å². The van der Waals surface area contributed by atoms with Crippen LogP contribution in [0.3, 0.4) is 0 Å². The van der Waals surface area contributed by atoms with Gasteiger partial charge < -0.3 is 15.5 Å². The van der Waals surface area contributed by atoms with Crippen molar-refractivity contribution in [3.05, 3.63) is 29.8 Å². The zero-order valence-corrected chi connectivity index (χ0v) is 14.2. The van der Waals surface area contributed by atoms with Crippen LogP contribution in [-0.2, 0) is 20.8 Å². The maximum absolute atomic E-state index is 12.1. The second-order valence-corrected chi connectivity index (χ2v) is 6.04. The maximum Gasteiger partial charge on any atom is 0.405 e. The van der Waals surface area contributed by atoms with Gasteiger partial charge in [0.2, 0.25) is 17.7 Å². The highest BCUT2D eigenvalue weighted by atomic mass is 19.4. The topological polar surface area (TPSA) is 78.5 Å². The molecule has 1 atom stereocenters. The van der Waals surface area contributed by atoms with Crippen molar-refractivity contribution in [1.82, 2.24) is 10.6 Å². The molecule has 1 aliphatic heterocycles. The predicted molar refractivity (Wildman–Crippen MR) is 88.4 cm³/mol. The van der Waals surface area contributed by atoms with Crippen LogP contribution in [0.2, 0.25) is 0 Å². The predicted octanol–water partition coefficient (Wildman–Crippen LogP) is 1.40. The van der Waals surface area contributed by atoms with Gasteiger partial charge in [-0.2, -0.15) is 13.2 Å². The van der Waals surface area contributed by atoms with E-state index in [9.17, 15) is 27.6 Å². The summed E-state index contributed by atoms with van der Waals surface area (Å²) in [5.41, 5.74) is 1.81. The lowest BCUT2D eigenvalue weighted by Crippen LogP contribution is -2.42. The number of nitrogens with zero attached hydrogens (tertiary/aromatic N) is 1. The maximum atomic E-state index is 12.1. The molecule has 142 valence electrons. The molecule has 1 aromatic rings. The lowest BCUT2D eigenvalue weighted by Gasteiger charge is -2.17. The Morgan fingerprint density at radius 1 is 1.19 bits per heavy atom. The van der Waals surface area contributed by atoms with Crippen LogP contribution in [0.5, 0.6) is 0 Å². The second-order valence-electron chi connectivity index (χ2n) is 6.04. The number of halogens is 3. The Hall–Kier alpha value is -2.58. The highest BCUT2D eigenvalue weighted by Crippen LogP contribution is 2.25. The molecule has 0 bridgehead atoms. The van der Waals surface area contributed by atoms with Crippen molar-refractivity contribution in [2.24, 2.45) is 5.92 Å². The summed E-state index contributed by atoms with van der Waals surface area (Å²) in [5.74, 6) is -2.33. The van der Waals surface area contributed by atoms with Gasteiger partial charge >= 0.3 is 6.18 Å². The minimum atomic E-state index is -4.51. The first-order chi connectivity index (χ1) is 12.2. The van der Waals surface area contributed by atoms with Crippen molar-refractivity contribution < 1.29 is 27.6 Å². The van der Waals surface area contributed by atoms with Gasteiger partial charge in [0.05, 0.1) is 12.5 Å². The molecule has 26 heavy (non-hydrogen) atoms. The molecule has 0 aliphatic carbocycles. The van der Waals surface area contributed by atoms with Crippen LogP contribution >= 0.6 is 0 Å². The fraction of sp³-hybridized carbons (Fsp3) is 0.471. The van der Waals surface area contributed by atoms with Gasteiger partial charge in [-0.3, -0.25) is 14.4 Å². The molecule has 3 amide bonds. The number of aryl methyl sites for hydroxylation is 1. The molecule has 0 saturated carbocycles. The highest BCUT2D eigenvalue weighted by molar-refractivity contribution is 6.00. The number of alkyl halides is 3. The molecule has 1 saturated heterocycles. The van der Waals surface area contributed by atoms with E-state index in [4.69, 9.17) is 0 Å². The molecular weight excluding hydrogens is 351 g/mol. The quantitative estimate of drug-likeness (QED) is 0.793. The van der Waals surface area contributed by atoms with Crippen LogP contribution in [-0.4, -0.2) is 43.5 Å². The summed E-state index contributed by atoms with van der Waals surface area (Å²) in [7, 11) is 0. The molecule has 1 aliphatic rings. The number of benzene rings is 1. The number of nitrogens with one attached hydrogen (secondary N) is 2. The smallest absolute Gasteiger partial charge is 0.347 e. The van der Waals surface area contributed by atoms with Crippen molar-refractivity contribution >= 4 is 23.4 Å². The van der Waals surface area contributed by atoms with Gasteiger partial charge in [0.1, 0.15) is 6.54 Å². The number of anilines is 1. The van der Waals surface area contributed by atoms with E-state index >= 15 is 0 Å². The first-order valence-electron chi connectivity index (χ1n) is 8.20. The Labute approximate surface area is 148 Å². The van der Waals surface area contributed by atoms with Gasteiger partial charge in [0.15, 0.2) is 0 Å². The van der Waals surface area contributed by atoms with E-state index in [0.29, 0.717) is 5.69 Å². The Balaban J connectivity index is 1.85. The monoisotopic (exact) mass is 371 g/mol. The average Bonchev–Trinajstić information content (AvgIpc) is 2.99. The first-order valence-corrected chi connectivity index (χ1v) is 8.20. The lowest BCUT2D eigenvalue weighted by molar-refractivity contribution is -0.138. The number of rotatable bonds is 6. The molecule has 0 spiro atoms. The van der Waals surface area contributed by atoms with E-state index in [-0.39, 0.29) is 18.9 Å². The normalized spacial score (nSPS) is 17.3. The molecule has 0 aromatic heterocycles. The summed E-state index contributed by atoms with van der Waals surface area (Å²) in [4.78, 5) is 37.0. The zero-order chi connectivity index (χ0) is 19.3. The van der Waals surface area contributed by atoms with Crippen molar-refractivity contribution in [3.63, 3.8) is 0 Å². The third-order valence-electron chi connectivity index (χ3n) is 4.06. The third kappa shape index (κ3) is 5.47. The number of hydrogen-bond acceptors (Lipinski definition) is 3.